The number of carbonyl (C=O) groups is 1. The standard InChI is InChI=1S/C13H16N2OS/c1-9-7-11(8-16)10(2)15(9)13(3,4)12-14-5-6-17-12/h5-8H,1-4H3. The van der Waals surface area contributed by atoms with Crippen LogP contribution in [0, 0.1) is 13.8 Å². The molecule has 2 aromatic rings. The van der Waals surface area contributed by atoms with Gasteiger partial charge < -0.3 is 4.57 Å². The van der Waals surface area contributed by atoms with Gasteiger partial charge in [0.05, 0.1) is 5.54 Å². The first kappa shape index (κ1) is 12.0. The maximum Gasteiger partial charge on any atom is 0.151 e. The number of hydrogen-bond donors (Lipinski definition) is 0. The van der Waals surface area contributed by atoms with E-state index in [0.717, 1.165) is 28.2 Å². The molecule has 2 aromatic heterocycles. The molecule has 0 aliphatic rings. The summed E-state index contributed by atoms with van der Waals surface area (Å²) in [5, 5.41) is 3.03. The van der Waals surface area contributed by atoms with E-state index in [2.05, 4.69) is 23.4 Å². The Morgan fingerprint density at radius 1 is 1.41 bits per heavy atom. The molecule has 0 N–H and O–H groups in total. The lowest BCUT2D eigenvalue weighted by Crippen LogP contribution is -2.29. The van der Waals surface area contributed by atoms with Gasteiger partial charge in [-0.05, 0) is 33.8 Å². The van der Waals surface area contributed by atoms with Gasteiger partial charge in [0.25, 0.3) is 0 Å². The Bertz CT molecular complexity index is 538. The molecule has 0 bridgehead atoms. The predicted octanol–water partition coefficient (Wildman–Crippen LogP) is 3.16. The molecule has 0 saturated carbocycles. The molecule has 3 nitrogen and oxygen atoms in total. The third-order valence-electron chi connectivity index (χ3n) is 3.11. The normalized spacial score (nSPS) is 11.8. The molecule has 0 amide bonds. The first-order valence-corrected chi connectivity index (χ1v) is 6.41. The van der Waals surface area contributed by atoms with Crippen LogP contribution in [0.25, 0.3) is 0 Å². The summed E-state index contributed by atoms with van der Waals surface area (Å²) < 4.78 is 2.18. The average Bonchev–Trinajstić information content (AvgIpc) is 2.86. The van der Waals surface area contributed by atoms with Crippen LogP contribution >= 0.6 is 11.3 Å². The highest BCUT2D eigenvalue weighted by Crippen LogP contribution is 2.31. The third kappa shape index (κ3) is 1.82. The monoisotopic (exact) mass is 248 g/mol. The van der Waals surface area contributed by atoms with Crippen molar-refractivity contribution in [1.29, 1.82) is 0 Å². The summed E-state index contributed by atoms with van der Waals surface area (Å²) in [7, 11) is 0. The first-order chi connectivity index (χ1) is 7.98. The molecule has 0 atom stereocenters. The summed E-state index contributed by atoms with van der Waals surface area (Å²) >= 11 is 1.64. The van der Waals surface area contributed by atoms with Gasteiger partial charge in [0.15, 0.2) is 6.29 Å². The first-order valence-electron chi connectivity index (χ1n) is 5.53. The molecule has 0 spiro atoms. The highest BCUT2D eigenvalue weighted by atomic mass is 32.1. The Hall–Kier alpha value is -1.42. The fourth-order valence-corrected chi connectivity index (χ4v) is 3.14. The summed E-state index contributed by atoms with van der Waals surface area (Å²) in [6.07, 6.45) is 2.73. The number of nitrogens with zero attached hydrogens (tertiary/aromatic N) is 2. The van der Waals surface area contributed by atoms with Crippen molar-refractivity contribution in [2.24, 2.45) is 0 Å². The van der Waals surface area contributed by atoms with Crippen LogP contribution in [0.1, 0.15) is 40.6 Å². The second-order valence-electron chi connectivity index (χ2n) is 4.68. The minimum absolute atomic E-state index is 0.219. The summed E-state index contributed by atoms with van der Waals surface area (Å²) in [5.41, 5.74) is 2.62. The molecule has 4 heteroatoms. The van der Waals surface area contributed by atoms with Crippen molar-refractivity contribution in [1.82, 2.24) is 9.55 Å². The predicted molar refractivity (Wildman–Crippen MR) is 69.8 cm³/mol. The van der Waals surface area contributed by atoms with E-state index in [9.17, 15) is 4.79 Å². The van der Waals surface area contributed by atoms with Crippen LogP contribution in [0.5, 0.6) is 0 Å². The largest absolute Gasteiger partial charge is 0.337 e. The minimum atomic E-state index is -0.219. The summed E-state index contributed by atoms with van der Waals surface area (Å²) in [6.45, 7) is 8.25. The molecule has 0 radical (unpaired) electrons. The zero-order valence-corrected chi connectivity index (χ0v) is 11.3. The van der Waals surface area contributed by atoms with Gasteiger partial charge in [0.1, 0.15) is 5.01 Å². The van der Waals surface area contributed by atoms with Crippen LogP contribution < -0.4 is 0 Å². The maximum atomic E-state index is 11.0. The number of aromatic nitrogens is 2. The Labute approximate surface area is 105 Å². The van der Waals surface area contributed by atoms with E-state index in [-0.39, 0.29) is 5.54 Å². The van der Waals surface area contributed by atoms with E-state index >= 15 is 0 Å². The van der Waals surface area contributed by atoms with Gasteiger partial charge in [-0.3, -0.25) is 4.79 Å². The van der Waals surface area contributed by atoms with E-state index in [1.807, 2.05) is 31.5 Å². The lowest BCUT2D eigenvalue weighted by molar-refractivity contribution is 0.112. The number of thiazole rings is 1. The number of rotatable bonds is 3. The molecule has 0 saturated heterocycles. The van der Waals surface area contributed by atoms with Crippen LogP contribution in [0.4, 0.5) is 0 Å². The van der Waals surface area contributed by atoms with Gasteiger partial charge in [-0.2, -0.15) is 0 Å². The van der Waals surface area contributed by atoms with E-state index in [4.69, 9.17) is 0 Å². The Kier molecular flexibility index (Phi) is 2.91. The van der Waals surface area contributed by atoms with Crippen molar-refractivity contribution in [3.05, 3.63) is 39.6 Å². The highest BCUT2D eigenvalue weighted by Gasteiger charge is 2.28. The van der Waals surface area contributed by atoms with Gasteiger partial charge in [0, 0.05) is 28.5 Å². The van der Waals surface area contributed by atoms with Gasteiger partial charge in [-0.1, -0.05) is 0 Å². The zero-order valence-electron chi connectivity index (χ0n) is 10.5. The van der Waals surface area contributed by atoms with Crippen molar-refractivity contribution in [3.63, 3.8) is 0 Å². The fraction of sp³-hybridized carbons (Fsp3) is 0.385. The Balaban J connectivity index is 2.61. The number of carbonyl (C=O) groups excluding carboxylic acids is 1. The van der Waals surface area contributed by atoms with Crippen LogP contribution in [0.3, 0.4) is 0 Å². The number of aryl methyl sites for hydroxylation is 1. The van der Waals surface area contributed by atoms with Gasteiger partial charge in [0.2, 0.25) is 0 Å². The molecule has 0 aromatic carbocycles. The molecule has 17 heavy (non-hydrogen) atoms. The van der Waals surface area contributed by atoms with Crippen molar-refractivity contribution >= 4 is 17.6 Å². The molecule has 0 unspecified atom stereocenters. The Morgan fingerprint density at radius 2 is 2.12 bits per heavy atom. The molecule has 90 valence electrons. The molecule has 0 aliphatic carbocycles. The van der Waals surface area contributed by atoms with Crippen LogP contribution in [-0.4, -0.2) is 15.8 Å². The molecule has 0 fully saturated rings. The summed E-state index contributed by atoms with van der Waals surface area (Å²) in [5.74, 6) is 0. The number of hydrogen-bond acceptors (Lipinski definition) is 3. The average molecular weight is 248 g/mol. The minimum Gasteiger partial charge on any atom is -0.337 e. The van der Waals surface area contributed by atoms with Crippen LogP contribution in [0.2, 0.25) is 0 Å². The fourth-order valence-electron chi connectivity index (χ4n) is 2.39. The van der Waals surface area contributed by atoms with E-state index in [1.165, 1.54) is 0 Å². The van der Waals surface area contributed by atoms with Crippen molar-refractivity contribution < 1.29 is 4.79 Å². The van der Waals surface area contributed by atoms with Gasteiger partial charge in [-0.25, -0.2) is 4.98 Å². The van der Waals surface area contributed by atoms with Crippen molar-refractivity contribution in [2.75, 3.05) is 0 Å². The van der Waals surface area contributed by atoms with E-state index in [0.29, 0.717) is 0 Å². The number of aldehydes is 1. The van der Waals surface area contributed by atoms with Crippen LogP contribution in [-0.2, 0) is 5.54 Å². The topological polar surface area (TPSA) is 34.9 Å². The molecule has 2 rings (SSSR count). The zero-order chi connectivity index (χ0) is 12.6. The van der Waals surface area contributed by atoms with E-state index in [1.54, 1.807) is 11.3 Å². The van der Waals surface area contributed by atoms with E-state index < -0.39 is 0 Å². The van der Waals surface area contributed by atoms with Crippen molar-refractivity contribution in [3.8, 4) is 0 Å². The third-order valence-corrected chi connectivity index (χ3v) is 4.20. The van der Waals surface area contributed by atoms with Crippen molar-refractivity contribution in [2.45, 2.75) is 33.2 Å². The molecular formula is C13H16N2OS. The van der Waals surface area contributed by atoms with Crippen LogP contribution in [0.15, 0.2) is 17.6 Å². The Morgan fingerprint density at radius 3 is 2.59 bits per heavy atom. The van der Waals surface area contributed by atoms with Gasteiger partial charge in [-0.15, -0.1) is 11.3 Å². The molecular weight excluding hydrogens is 232 g/mol. The molecule has 2 heterocycles. The quantitative estimate of drug-likeness (QED) is 0.782. The smallest absolute Gasteiger partial charge is 0.151 e. The highest BCUT2D eigenvalue weighted by molar-refractivity contribution is 7.09. The summed E-state index contributed by atoms with van der Waals surface area (Å²) in [4.78, 5) is 15.4. The SMILES string of the molecule is Cc1cc(C=O)c(C)n1C(C)(C)c1nccs1. The lowest BCUT2D eigenvalue weighted by Gasteiger charge is -2.28. The maximum absolute atomic E-state index is 11.0. The van der Waals surface area contributed by atoms with Gasteiger partial charge >= 0.3 is 0 Å². The second kappa shape index (κ2) is 4.11. The lowest BCUT2D eigenvalue weighted by atomic mass is 10.1. The molecule has 0 aliphatic heterocycles. The second-order valence-corrected chi connectivity index (χ2v) is 5.57. The summed E-state index contributed by atoms with van der Waals surface area (Å²) in [6, 6.07) is 1.93.